The number of thiophene rings is 1. The SMILES string of the molecule is COc1ccc(C2NC(=O)N(Cc3cccs3)C(C)=C2c2nc(-c3cccc(OC)c3)no2)cc1. The Labute approximate surface area is 206 Å². The molecule has 1 N–H and O–H groups in total. The largest absolute Gasteiger partial charge is 0.497 e. The molecule has 5 rings (SSSR count). The van der Waals surface area contributed by atoms with Crippen LogP contribution >= 0.6 is 11.3 Å². The van der Waals surface area contributed by atoms with E-state index >= 15 is 0 Å². The predicted molar refractivity (Wildman–Crippen MR) is 133 cm³/mol. The summed E-state index contributed by atoms with van der Waals surface area (Å²) < 4.78 is 16.4. The smallest absolute Gasteiger partial charge is 0.322 e. The summed E-state index contributed by atoms with van der Waals surface area (Å²) in [6.07, 6.45) is 0. The lowest BCUT2D eigenvalue weighted by Crippen LogP contribution is -2.45. The van der Waals surface area contributed by atoms with Gasteiger partial charge in [-0.25, -0.2) is 4.79 Å². The Morgan fingerprint density at radius 1 is 1.06 bits per heavy atom. The number of urea groups is 1. The van der Waals surface area contributed by atoms with Crippen LogP contribution in [0.5, 0.6) is 11.5 Å². The summed E-state index contributed by atoms with van der Waals surface area (Å²) in [6.45, 7) is 2.36. The van der Waals surface area contributed by atoms with E-state index in [0.717, 1.165) is 33.0 Å². The molecule has 8 nitrogen and oxygen atoms in total. The van der Waals surface area contributed by atoms with Crippen LogP contribution in [0.15, 0.2) is 76.3 Å². The molecule has 0 bridgehead atoms. The highest BCUT2D eigenvalue weighted by atomic mass is 32.1. The van der Waals surface area contributed by atoms with Crippen molar-refractivity contribution in [3.63, 3.8) is 0 Å². The summed E-state index contributed by atoms with van der Waals surface area (Å²) in [6, 6.07) is 18.4. The first-order valence-electron chi connectivity index (χ1n) is 11.0. The zero-order valence-electron chi connectivity index (χ0n) is 19.5. The van der Waals surface area contributed by atoms with Crippen LogP contribution in [0, 0.1) is 0 Å². The number of hydrogen-bond donors (Lipinski definition) is 1. The zero-order valence-corrected chi connectivity index (χ0v) is 20.3. The number of nitrogens with zero attached hydrogens (tertiary/aromatic N) is 3. The number of rotatable bonds is 7. The van der Waals surface area contributed by atoms with Crippen molar-refractivity contribution in [3.05, 3.63) is 88.1 Å². The number of amides is 2. The highest BCUT2D eigenvalue weighted by Gasteiger charge is 2.36. The second-order valence-corrected chi connectivity index (χ2v) is 9.01. The molecule has 1 aliphatic heterocycles. The normalized spacial score (nSPS) is 15.8. The summed E-state index contributed by atoms with van der Waals surface area (Å²) >= 11 is 1.60. The first kappa shape index (κ1) is 22.7. The van der Waals surface area contributed by atoms with Crippen LogP contribution in [-0.4, -0.2) is 35.3 Å². The van der Waals surface area contributed by atoms with Gasteiger partial charge in [-0.2, -0.15) is 4.98 Å². The standard InChI is InChI=1S/C26H24N4O4S/c1-16-22(25-28-24(29-34-25)18-6-4-7-20(14-18)33-3)23(17-9-11-19(32-2)12-10-17)27-26(31)30(16)15-21-8-5-13-35-21/h4-14,23H,15H2,1-3H3,(H,27,31). The number of carbonyl (C=O) groups is 1. The monoisotopic (exact) mass is 488 g/mol. The highest BCUT2D eigenvalue weighted by molar-refractivity contribution is 7.09. The van der Waals surface area contributed by atoms with E-state index in [0.29, 0.717) is 24.0 Å². The second-order valence-electron chi connectivity index (χ2n) is 7.98. The van der Waals surface area contributed by atoms with Gasteiger partial charge in [-0.3, -0.25) is 4.90 Å². The van der Waals surface area contributed by atoms with Crippen molar-refractivity contribution in [3.8, 4) is 22.9 Å². The third-order valence-electron chi connectivity index (χ3n) is 5.92. The molecule has 2 aromatic carbocycles. The molecule has 4 aromatic rings. The van der Waals surface area contributed by atoms with Crippen LogP contribution in [0.3, 0.4) is 0 Å². The zero-order chi connectivity index (χ0) is 24.4. The molecule has 0 fully saturated rings. The lowest BCUT2D eigenvalue weighted by Gasteiger charge is -2.35. The van der Waals surface area contributed by atoms with E-state index in [1.165, 1.54) is 0 Å². The summed E-state index contributed by atoms with van der Waals surface area (Å²) in [5.41, 5.74) is 3.15. The summed E-state index contributed by atoms with van der Waals surface area (Å²) in [7, 11) is 3.23. The lowest BCUT2D eigenvalue weighted by molar-refractivity contribution is 0.203. The first-order chi connectivity index (χ1) is 17.1. The summed E-state index contributed by atoms with van der Waals surface area (Å²) in [5, 5.41) is 9.34. The molecule has 2 amide bonds. The Kier molecular flexibility index (Phi) is 6.24. The number of allylic oxidation sites excluding steroid dienone is 1. The molecular weight excluding hydrogens is 464 g/mol. The van der Waals surface area contributed by atoms with Crippen LogP contribution in [0.25, 0.3) is 17.0 Å². The molecule has 0 radical (unpaired) electrons. The average molecular weight is 489 g/mol. The fourth-order valence-corrected chi connectivity index (χ4v) is 4.76. The summed E-state index contributed by atoms with van der Waals surface area (Å²) in [5.74, 6) is 2.22. The van der Waals surface area contributed by atoms with E-state index < -0.39 is 6.04 Å². The van der Waals surface area contributed by atoms with Gasteiger partial charge in [-0.05, 0) is 48.2 Å². The van der Waals surface area contributed by atoms with Crippen molar-refractivity contribution in [1.82, 2.24) is 20.4 Å². The fraction of sp³-hybridized carbons (Fsp3) is 0.192. The average Bonchev–Trinajstić information content (AvgIpc) is 3.59. The fourth-order valence-electron chi connectivity index (χ4n) is 4.07. The maximum Gasteiger partial charge on any atom is 0.322 e. The van der Waals surface area contributed by atoms with E-state index in [-0.39, 0.29) is 6.03 Å². The van der Waals surface area contributed by atoms with Crippen molar-refractivity contribution in [2.24, 2.45) is 0 Å². The minimum absolute atomic E-state index is 0.187. The van der Waals surface area contributed by atoms with Gasteiger partial charge in [0.15, 0.2) is 0 Å². The van der Waals surface area contributed by atoms with Gasteiger partial charge in [-0.15, -0.1) is 11.3 Å². The maximum absolute atomic E-state index is 13.2. The molecular formula is C26H24N4O4S. The number of nitrogens with one attached hydrogen (secondary N) is 1. The molecule has 3 heterocycles. The van der Waals surface area contributed by atoms with E-state index in [4.69, 9.17) is 19.0 Å². The number of carbonyl (C=O) groups excluding carboxylic acids is 1. The number of benzene rings is 2. The Bertz CT molecular complexity index is 1360. The Hall–Kier alpha value is -4.11. The number of aromatic nitrogens is 2. The molecule has 0 saturated carbocycles. The van der Waals surface area contributed by atoms with Gasteiger partial charge in [0.05, 0.1) is 32.4 Å². The van der Waals surface area contributed by atoms with E-state index in [1.807, 2.05) is 73.0 Å². The quantitative estimate of drug-likeness (QED) is 0.369. The third kappa shape index (κ3) is 4.50. The summed E-state index contributed by atoms with van der Waals surface area (Å²) in [4.78, 5) is 20.7. The van der Waals surface area contributed by atoms with E-state index in [9.17, 15) is 4.79 Å². The van der Waals surface area contributed by atoms with Crippen LogP contribution in [0.4, 0.5) is 4.79 Å². The van der Waals surface area contributed by atoms with E-state index in [1.54, 1.807) is 30.5 Å². The van der Waals surface area contributed by atoms with Crippen molar-refractivity contribution < 1.29 is 18.8 Å². The Balaban J connectivity index is 1.58. The van der Waals surface area contributed by atoms with Gasteiger partial charge in [0.25, 0.3) is 5.89 Å². The number of hydrogen-bond acceptors (Lipinski definition) is 7. The van der Waals surface area contributed by atoms with Gasteiger partial charge in [-0.1, -0.05) is 35.5 Å². The van der Waals surface area contributed by atoms with Crippen molar-refractivity contribution >= 4 is 22.9 Å². The molecule has 1 aliphatic rings. The maximum atomic E-state index is 13.2. The number of ether oxygens (including phenoxy) is 2. The highest BCUT2D eigenvalue weighted by Crippen LogP contribution is 2.38. The Morgan fingerprint density at radius 2 is 1.86 bits per heavy atom. The molecule has 0 saturated heterocycles. The molecule has 0 aliphatic carbocycles. The first-order valence-corrected chi connectivity index (χ1v) is 11.9. The molecule has 1 atom stereocenters. The number of methoxy groups -OCH3 is 2. The van der Waals surface area contributed by atoms with Crippen LogP contribution in [0.1, 0.15) is 29.3 Å². The lowest BCUT2D eigenvalue weighted by atomic mass is 9.94. The topological polar surface area (TPSA) is 89.7 Å². The van der Waals surface area contributed by atoms with Crippen LogP contribution < -0.4 is 14.8 Å². The van der Waals surface area contributed by atoms with Crippen molar-refractivity contribution in [1.29, 1.82) is 0 Å². The third-order valence-corrected chi connectivity index (χ3v) is 6.79. The molecule has 178 valence electrons. The van der Waals surface area contributed by atoms with E-state index in [2.05, 4.69) is 10.5 Å². The molecule has 35 heavy (non-hydrogen) atoms. The van der Waals surface area contributed by atoms with Gasteiger partial charge in [0.1, 0.15) is 11.5 Å². The molecule has 1 unspecified atom stereocenters. The van der Waals surface area contributed by atoms with Crippen LogP contribution in [0.2, 0.25) is 0 Å². The van der Waals surface area contributed by atoms with Crippen LogP contribution in [-0.2, 0) is 6.54 Å². The predicted octanol–water partition coefficient (Wildman–Crippen LogP) is 5.51. The Morgan fingerprint density at radius 3 is 2.57 bits per heavy atom. The minimum atomic E-state index is -0.466. The van der Waals surface area contributed by atoms with Gasteiger partial charge < -0.3 is 19.3 Å². The second kappa shape index (κ2) is 9.63. The van der Waals surface area contributed by atoms with Crippen molar-refractivity contribution in [2.45, 2.75) is 19.5 Å². The molecule has 0 spiro atoms. The molecule has 9 heteroatoms. The van der Waals surface area contributed by atoms with Gasteiger partial charge in [0.2, 0.25) is 5.82 Å². The minimum Gasteiger partial charge on any atom is -0.497 e. The molecule has 2 aromatic heterocycles. The van der Waals surface area contributed by atoms with Gasteiger partial charge >= 0.3 is 6.03 Å². The van der Waals surface area contributed by atoms with Crippen molar-refractivity contribution in [2.75, 3.05) is 14.2 Å². The van der Waals surface area contributed by atoms with Gasteiger partial charge in [0, 0.05) is 16.1 Å².